The van der Waals surface area contributed by atoms with Crippen LogP contribution in [0.4, 0.5) is 5.69 Å². The number of aryl methyl sites for hydroxylation is 1. The summed E-state index contributed by atoms with van der Waals surface area (Å²) in [5.41, 5.74) is 1.55. The van der Waals surface area contributed by atoms with E-state index in [-0.39, 0.29) is 41.7 Å². The van der Waals surface area contributed by atoms with Crippen molar-refractivity contribution in [3.63, 3.8) is 0 Å². The van der Waals surface area contributed by atoms with Crippen molar-refractivity contribution in [3.05, 3.63) is 40.2 Å². The molecule has 0 spiro atoms. The maximum absolute atomic E-state index is 12.5. The number of rotatable bonds is 7. The van der Waals surface area contributed by atoms with Crippen LogP contribution in [0.25, 0.3) is 0 Å². The summed E-state index contributed by atoms with van der Waals surface area (Å²) in [4.78, 5) is 51.5. The van der Waals surface area contributed by atoms with Crippen LogP contribution in [0.15, 0.2) is 12.1 Å². The molecule has 2 heterocycles. The zero-order valence-corrected chi connectivity index (χ0v) is 17.5. The summed E-state index contributed by atoms with van der Waals surface area (Å²) in [6.45, 7) is 5.84. The fourth-order valence-electron chi connectivity index (χ4n) is 3.19. The molecule has 10 nitrogen and oxygen atoms in total. The van der Waals surface area contributed by atoms with Crippen molar-refractivity contribution in [1.82, 2.24) is 4.98 Å². The van der Waals surface area contributed by atoms with Crippen LogP contribution in [0.1, 0.15) is 56.3 Å². The highest BCUT2D eigenvalue weighted by molar-refractivity contribution is 6.05. The molecular weight excluding hydrogens is 408 g/mol. The Kier molecular flexibility index (Phi) is 6.28. The number of nitrogens with one attached hydrogen (secondary N) is 2. The molecule has 31 heavy (non-hydrogen) atoms. The Balaban J connectivity index is 1.69. The number of esters is 2. The van der Waals surface area contributed by atoms with Gasteiger partial charge >= 0.3 is 11.9 Å². The maximum atomic E-state index is 12.5. The minimum absolute atomic E-state index is 0.0187. The number of amides is 1. The van der Waals surface area contributed by atoms with E-state index in [1.807, 2.05) is 0 Å². The fraction of sp³-hybridized carbons (Fsp3) is 0.333. The largest absolute Gasteiger partial charge is 0.461 e. The van der Waals surface area contributed by atoms with Gasteiger partial charge in [-0.1, -0.05) is 0 Å². The first-order chi connectivity index (χ1) is 14.7. The normalized spacial score (nSPS) is 11.7. The molecule has 0 unspecified atom stereocenters. The molecule has 1 aromatic heterocycles. The topological polar surface area (TPSA) is 133 Å². The second-order valence-electron chi connectivity index (χ2n) is 6.78. The van der Waals surface area contributed by atoms with Crippen LogP contribution in [-0.4, -0.2) is 48.6 Å². The summed E-state index contributed by atoms with van der Waals surface area (Å²) in [5, 5.41) is 2.54. The summed E-state index contributed by atoms with van der Waals surface area (Å²) >= 11 is 0. The van der Waals surface area contributed by atoms with Crippen LogP contribution in [0.3, 0.4) is 0 Å². The van der Waals surface area contributed by atoms with Gasteiger partial charge in [0.2, 0.25) is 6.79 Å². The summed E-state index contributed by atoms with van der Waals surface area (Å²) in [5.74, 6) is -1.48. The minimum Gasteiger partial charge on any atom is -0.461 e. The zero-order chi connectivity index (χ0) is 22.7. The van der Waals surface area contributed by atoms with Gasteiger partial charge in [-0.25, -0.2) is 9.59 Å². The molecule has 0 radical (unpaired) electrons. The number of hydrogen-bond donors (Lipinski definition) is 2. The van der Waals surface area contributed by atoms with E-state index in [9.17, 15) is 19.2 Å². The molecule has 0 saturated carbocycles. The van der Waals surface area contributed by atoms with Crippen LogP contribution in [0.2, 0.25) is 0 Å². The predicted octanol–water partition coefficient (Wildman–Crippen LogP) is 2.54. The molecule has 1 amide bonds. The lowest BCUT2D eigenvalue weighted by molar-refractivity contribution is -0.119. The lowest BCUT2D eigenvalue weighted by Crippen LogP contribution is -2.22. The number of H-pyrrole nitrogens is 1. The summed E-state index contributed by atoms with van der Waals surface area (Å²) in [6, 6.07) is 2.96. The van der Waals surface area contributed by atoms with Crippen LogP contribution in [-0.2, 0) is 14.3 Å². The SMILES string of the molecule is CCOC(=O)c1[nH]c(C)c(C(=O)OCC(=O)Nc2cc3c(cc2C(C)=O)OCO3)c1C. The van der Waals surface area contributed by atoms with Crippen molar-refractivity contribution < 1.29 is 38.1 Å². The van der Waals surface area contributed by atoms with Crippen molar-refractivity contribution >= 4 is 29.3 Å². The van der Waals surface area contributed by atoms with E-state index >= 15 is 0 Å². The lowest BCUT2D eigenvalue weighted by Gasteiger charge is -2.11. The van der Waals surface area contributed by atoms with Gasteiger partial charge < -0.3 is 29.2 Å². The molecule has 2 aromatic rings. The molecule has 0 bridgehead atoms. The second-order valence-corrected chi connectivity index (χ2v) is 6.78. The maximum Gasteiger partial charge on any atom is 0.355 e. The molecule has 1 aliphatic rings. The van der Waals surface area contributed by atoms with E-state index in [0.717, 1.165) is 0 Å². The van der Waals surface area contributed by atoms with Crippen molar-refractivity contribution in [3.8, 4) is 11.5 Å². The molecule has 10 heteroatoms. The first-order valence-corrected chi connectivity index (χ1v) is 9.50. The highest BCUT2D eigenvalue weighted by Crippen LogP contribution is 2.37. The van der Waals surface area contributed by atoms with Gasteiger partial charge in [-0.05, 0) is 39.3 Å². The van der Waals surface area contributed by atoms with Crippen molar-refractivity contribution in [2.45, 2.75) is 27.7 Å². The van der Waals surface area contributed by atoms with Gasteiger partial charge in [0.25, 0.3) is 5.91 Å². The highest BCUT2D eigenvalue weighted by atomic mass is 16.7. The number of carbonyl (C=O) groups is 4. The fourth-order valence-corrected chi connectivity index (χ4v) is 3.19. The van der Waals surface area contributed by atoms with Gasteiger partial charge in [0.1, 0.15) is 5.69 Å². The number of anilines is 1. The first kappa shape index (κ1) is 21.9. The predicted molar refractivity (Wildman–Crippen MR) is 108 cm³/mol. The molecule has 1 aliphatic heterocycles. The highest BCUT2D eigenvalue weighted by Gasteiger charge is 2.25. The van der Waals surface area contributed by atoms with E-state index < -0.39 is 24.5 Å². The Morgan fingerprint density at radius 1 is 1.06 bits per heavy atom. The molecule has 1 aromatic carbocycles. The summed E-state index contributed by atoms with van der Waals surface area (Å²) < 4.78 is 20.6. The number of Topliss-reactive ketones (excluding diaryl/α,β-unsaturated/α-hetero) is 1. The number of hydrogen-bond acceptors (Lipinski definition) is 8. The second kappa shape index (κ2) is 8.90. The monoisotopic (exact) mass is 430 g/mol. The zero-order valence-electron chi connectivity index (χ0n) is 17.5. The Hall–Kier alpha value is -3.82. The Morgan fingerprint density at radius 2 is 1.74 bits per heavy atom. The Labute approximate surface area is 177 Å². The lowest BCUT2D eigenvalue weighted by atomic mass is 10.1. The standard InChI is InChI=1S/C21H22N2O8/c1-5-28-21(27)19-10(2)18(11(3)22-19)20(26)29-8-17(25)23-14-7-16-15(30-9-31-16)6-13(14)12(4)24/h6-7,22H,5,8-9H2,1-4H3,(H,23,25). The van der Waals surface area contributed by atoms with E-state index in [1.165, 1.54) is 19.1 Å². The molecular formula is C21H22N2O8. The Morgan fingerprint density at radius 3 is 2.39 bits per heavy atom. The van der Waals surface area contributed by atoms with Crippen molar-refractivity contribution in [2.75, 3.05) is 25.3 Å². The number of carbonyl (C=O) groups excluding carboxylic acids is 4. The van der Waals surface area contributed by atoms with Crippen molar-refractivity contribution in [1.29, 1.82) is 0 Å². The molecule has 3 rings (SSSR count). The average Bonchev–Trinajstić information content (AvgIpc) is 3.28. The van der Waals surface area contributed by atoms with Gasteiger partial charge in [-0.15, -0.1) is 0 Å². The van der Waals surface area contributed by atoms with Crippen LogP contribution in [0, 0.1) is 13.8 Å². The molecule has 0 fully saturated rings. The number of ketones is 1. The van der Waals surface area contributed by atoms with Gasteiger partial charge in [-0.3, -0.25) is 9.59 Å². The number of aromatic amines is 1. The van der Waals surface area contributed by atoms with E-state index in [0.29, 0.717) is 22.8 Å². The third kappa shape index (κ3) is 4.52. The molecule has 164 valence electrons. The quantitative estimate of drug-likeness (QED) is 0.506. The van der Waals surface area contributed by atoms with Crippen molar-refractivity contribution in [2.24, 2.45) is 0 Å². The first-order valence-electron chi connectivity index (χ1n) is 9.50. The molecule has 0 aliphatic carbocycles. The number of benzene rings is 1. The number of ether oxygens (including phenoxy) is 4. The average molecular weight is 430 g/mol. The Bertz CT molecular complexity index is 1070. The molecule has 2 N–H and O–H groups in total. The van der Waals surface area contributed by atoms with Gasteiger partial charge in [-0.2, -0.15) is 0 Å². The minimum atomic E-state index is -0.769. The molecule has 0 atom stereocenters. The van der Waals surface area contributed by atoms with E-state index in [1.54, 1.807) is 20.8 Å². The van der Waals surface area contributed by atoms with E-state index in [4.69, 9.17) is 18.9 Å². The summed E-state index contributed by atoms with van der Waals surface area (Å²) in [6.07, 6.45) is 0. The smallest absolute Gasteiger partial charge is 0.355 e. The van der Waals surface area contributed by atoms with Crippen LogP contribution in [0.5, 0.6) is 11.5 Å². The number of aromatic nitrogens is 1. The van der Waals surface area contributed by atoms with Gasteiger partial charge in [0.05, 0.1) is 17.9 Å². The van der Waals surface area contributed by atoms with Gasteiger partial charge in [0, 0.05) is 17.3 Å². The molecule has 0 saturated heterocycles. The number of fused-ring (bicyclic) bond motifs is 1. The van der Waals surface area contributed by atoms with Crippen LogP contribution < -0.4 is 14.8 Å². The van der Waals surface area contributed by atoms with Gasteiger partial charge in [0.15, 0.2) is 23.9 Å². The van der Waals surface area contributed by atoms with E-state index in [2.05, 4.69) is 10.3 Å². The third-order valence-corrected chi connectivity index (χ3v) is 4.62. The third-order valence-electron chi connectivity index (χ3n) is 4.62. The van der Waals surface area contributed by atoms with Crippen LogP contribution >= 0.6 is 0 Å². The summed E-state index contributed by atoms with van der Waals surface area (Å²) in [7, 11) is 0.